The lowest BCUT2D eigenvalue weighted by Gasteiger charge is -2.03. The molecule has 0 heterocycles. The van der Waals surface area contributed by atoms with Crippen LogP contribution in [0.4, 0.5) is 0 Å². The standard InChI is InChI=1S/C19H20.C2H6/c1-4-16-5-7-17(8-6-16)9-10-18-11-13-19(14-12-18)15(2)3;1-2/h5-8,11-15H,4H2,1-3H3;1-2H3. The van der Waals surface area contributed by atoms with Crippen LogP contribution in [-0.2, 0) is 6.42 Å². The number of benzene rings is 2. The zero-order valence-corrected chi connectivity index (χ0v) is 13.9. The predicted octanol–water partition coefficient (Wildman–Crippen LogP) is 5.80. The van der Waals surface area contributed by atoms with Crippen LogP contribution < -0.4 is 0 Å². The summed E-state index contributed by atoms with van der Waals surface area (Å²) in [6.45, 7) is 10.6. The minimum Gasteiger partial charge on any atom is -0.0683 e. The van der Waals surface area contributed by atoms with Gasteiger partial charge in [-0.05, 0) is 47.7 Å². The molecule has 2 rings (SSSR count). The summed E-state index contributed by atoms with van der Waals surface area (Å²) in [5, 5.41) is 0. The Bertz CT molecular complexity index is 575. The molecule has 0 unspecified atom stereocenters. The zero-order valence-electron chi connectivity index (χ0n) is 13.9. The van der Waals surface area contributed by atoms with Gasteiger partial charge in [-0.2, -0.15) is 0 Å². The summed E-state index contributed by atoms with van der Waals surface area (Å²) < 4.78 is 0. The second-order valence-electron chi connectivity index (χ2n) is 5.08. The lowest BCUT2D eigenvalue weighted by molar-refractivity contribution is 0.866. The maximum atomic E-state index is 3.21. The molecule has 0 heteroatoms. The third-order valence-electron chi connectivity index (χ3n) is 3.29. The van der Waals surface area contributed by atoms with E-state index in [1.54, 1.807) is 0 Å². The minimum atomic E-state index is 0.573. The Hall–Kier alpha value is -2.00. The Labute approximate surface area is 130 Å². The van der Waals surface area contributed by atoms with Crippen molar-refractivity contribution in [1.29, 1.82) is 0 Å². The fourth-order valence-electron chi connectivity index (χ4n) is 1.92. The van der Waals surface area contributed by atoms with Crippen molar-refractivity contribution in [2.24, 2.45) is 0 Å². The van der Waals surface area contributed by atoms with Gasteiger partial charge in [-0.25, -0.2) is 0 Å². The van der Waals surface area contributed by atoms with E-state index in [4.69, 9.17) is 0 Å². The molecule has 21 heavy (non-hydrogen) atoms. The van der Waals surface area contributed by atoms with Crippen molar-refractivity contribution < 1.29 is 0 Å². The monoisotopic (exact) mass is 278 g/mol. The number of aryl methyl sites for hydroxylation is 1. The fourth-order valence-corrected chi connectivity index (χ4v) is 1.92. The van der Waals surface area contributed by atoms with Gasteiger partial charge < -0.3 is 0 Å². The summed E-state index contributed by atoms with van der Waals surface area (Å²) in [4.78, 5) is 0. The zero-order chi connectivity index (χ0) is 15.7. The van der Waals surface area contributed by atoms with E-state index in [1.807, 2.05) is 13.8 Å². The van der Waals surface area contributed by atoms with Gasteiger partial charge in [-0.3, -0.25) is 0 Å². The molecular formula is C21H26. The maximum Gasteiger partial charge on any atom is 0.0249 e. The van der Waals surface area contributed by atoms with E-state index < -0.39 is 0 Å². The fraction of sp³-hybridized carbons (Fsp3) is 0.333. The smallest absolute Gasteiger partial charge is 0.0249 e. The average molecular weight is 278 g/mol. The second kappa shape index (κ2) is 9.03. The largest absolute Gasteiger partial charge is 0.0683 e. The van der Waals surface area contributed by atoms with Gasteiger partial charge in [0.2, 0.25) is 0 Å². The third-order valence-corrected chi connectivity index (χ3v) is 3.29. The van der Waals surface area contributed by atoms with Crippen molar-refractivity contribution in [3.05, 3.63) is 70.8 Å². The Morgan fingerprint density at radius 1 is 0.762 bits per heavy atom. The molecular weight excluding hydrogens is 252 g/mol. The van der Waals surface area contributed by atoms with Crippen molar-refractivity contribution in [2.45, 2.75) is 47.0 Å². The topological polar surface area (TPSA) is 0 Å². The Morgan fingerprint density at radius 3 is 1.57 bits per heavy atom. The van der Waals surface area contributed by atoms with E-state index >= 15 is 0 Å². The normalized spacial score (nSPS) is 9.43. The molecule has 0 spiro atoms. The second-order valence-corrected chi connectivity index (χ2v) is 5.08. The molecule has 110 valence electrons. The molecule has 0 nitrogen and oxygen atoms in total. The van der Waals surface area contributed by atoms with Crippen LogP contribution in [0.3, 0.4) is 0 Å². The molecule has 0 N–H and O–H groups in total. The van der Waals surface area contributed by atoms with Gasteiger partial charge >= 0.3 is 0 Å². The number of hydrogen-bond donors (Lipinski definition) is 0. The van der Waals surface area contributed by atoms with E-state index in [0.717, 1.165) is 17.5 Å². The average Bonchev–Trinajstić information content (AvgIpc) is 2.55. The quantitative estimate of drug-likeness (QED) is 0.609. The van der Waals surface area contributed by atoms with Gasteiger partial charge in [0.25, 0.3) is 0 Å². The molecule has 0 radical (unpaired) electrons. The molecule has 0 amide bonds. The van der Waals surface area contributed by atoms with Gasteiger partial charge in [0.05, 0.1) is 0 Å². The molecule has 0 aliphatic heterocycles. The van der Waals surface area contributed by atoms with Crippen LogP contribution in [0.25, 0.3) is 0 Å². The van der Waals surface area contributed by atoms with Crippen molar-refractivity contribution in [3.63, 3.8) is 0 Å². The van der Waals surface area contributed by atoms with Crippen LogP contribution in [0.15, 0.2) is 48.5 Å². The van der Waals surface area contributed by atoms with Gasteiger partial charge in [0, 0.05) is 11.1 Å². The summed E-state index contributed by atoms with van der Waals surface area (Å²) in [7, 11) is 0. The van der Waals surface area contributed by atoms with Crippen molar-refractivity contribution in [1.82, 2.24) is 0 Å². The van der Waals surface area contributed by atoms with Crippen LogP contribution in [-0.4, -0.2) is 0 Å². The third kappa shape index (κ3) is 5.48. The molecule has 0 saturated heterocycles. The van der Waals surface area contributed by atoms with E-state index in [9.17, 15) is 0 Å². The molecule has 0 aliphatic rings. The van der Waals surface area contributed by atoms with Crippen molar-refractivity contribution >= 4 is 0 Å². The van der Waals surface area contributed by atoms with Crippen LogP contribution in [0, 0.1) is 11.8 Å². The molecule has 0 saturated carbocycles. The summed E-state index contributed by atoms with van der Waals surface area (Å²) >= 11 is 0. The van der Waals surface area contributed by atoms with Gasteiger partial charge in [0.15, 0.2) is 0 Å². The highest BCUT2D eigenvalue weighted by atomic mass is 14.0. The SMILES string of the molecule is CC.CCc1ccc(C#Cc2ccc(C(C)C)cc2)cc1. The van der Waals surface area contributed by atoms with Gasteiger partial charge in [-0.1, -0.05) is 70.7 Å². The first-order valence-electron chi connectivity index (χ1n) is 7.90. The van der Waals surface area contributed by atoms with E-state index in [-0.39, 0.29) is 0 Å². The van der Waals surface area contributed by atoms with E-state index in [2.05, 4.69) is 81.1 Å². The molecule has 0 aliphatic carbocycles. The minimum absolute atomic E-state index is 0.573. The Balaban J connectivity index is 0.00000106. The highest BCUT2D eigenvalue weighted by molar-refractivity contribution is 5.44. The van der Waals surface area contributed by atoms with Crippen molar-refractivity contribution in [2.75, 3.05) is 0 Å². The lowest BCUT2D eigenvalue weighted by Crippen LogP contribution is -1.86. The predicted molar refractivity (Wildman–Crippen MR) is 93.7 cm³/mol. The highest BCUT2D eigenvalue weighted by Gasteiger charge is 1.97. The molecule has 0 bridgehead atoms. The van der Waals surface area contributed by atoms with Gasteiger partial charge in [-0.15, -0.1) is 0 Å². The van der Waals surface area contributed by atoms with Crippen LogP contribution in [0.1, 0.15) is 62.8 Å². The van der Waals surface area contributed by atoms with Crippen LogP contribution in [0.5, 0.6) is 0 Å². The molecule has 2 aromatic carbocycles. The summed E-state index contributed by atoms with van der Waals surface area (Å²) in [6.07, 6.45) is 1.07. The van der Waals surface area contributed by atoms with Crippen LogP contribution in [0.2, 0.25) is 0 Å². The molecule has 2 aromatic rings. The summed E-state index contributed by atoms with van der Waals surface area (Å²) in [5.74, 6) is 7.00. The van der Waals surface area contributed by atoms with E-state index in [1.165, 1.54) is 11.1 Å². The maximum absolute atomic E-state index is 3.21. The molecule has 0 aromatic heterocycles. The lowest BCUT2D eigenvalue weighted by atomic mass is 10.0. The first-order valence-corrected chi connectivity index (χ1v) is 7.90. The summed E-state index contributed by atoms with van der Waals surface area (Å²) in [6, 6.07) is 17.0. The van der Waals surface area contributed by atoms with Crippen LogP contribution >= 0.6 is 0 Å². The molecule has 0 atom stereocenters. The number of rotatable bonds is 2. The first kappa shape index (κ1) is 17.1. The Morgan fingerprint density at radius 2 is 1.19 bits per heavy atom. The summed E-state index contributed by atoms with van der Waals surface area (Å²) in [5.41, 5.74) is 4.86. The van der Waals surface area contributed by atoms with E-state index in [0.29, 0.717) is 5.92 Å². The Kier molecular flexibility index (Phi) is 7.33. The molecule has 0 fully saturated rings. The first-order chi connectivity index (χ1) is 10.2. The highest BCUT2D eigenvalue weighted by Crippen LogP contribution is 2.14. The number of hydrogen-bond acceptors (Lipinski definition) is 0. The van der Waals surface area contributed by atoms with Crippen molar-refractivity contribution in [3.8, 4) is 11.8 Å². The van der Waals surface area contributed by atoms with Gasteiger partial charge in [0.1, 0.15) is 0 Å².